The second kappa shape index (κ2) is 6.25. The number of amides is 2. The van der Waals surface area contributed by atoms with Gasteiger partial charge in [0.2, 0.25) is 5.91 Å². The highest BCUT2D eigenvalue weighted by molar-refractivity contribution is 5.89. The van der Waals surface area contributed by atoms with E-state index in [1.165, 1.54) is 0 Å². The van der Waals surface area contributed by atoms with Crippen molar-refractivity contribution >= 4 is 23.5 Å². The van der Waals surface area contributed by atoms with Gasteiger partial charge in [0.1, 0.15) is 24.8 Å². The lowest BCUT2D eigenvalue weighted by atomic mass is 10.1. The second-order valence-corrected chi connectivity index (χ2v) is 6.29. The maximum atomic E-state index is 12.0. The van der Waals surface area contributed by atoms with Crippen molar-refractivity contribution in [1.82, 2.24) is 9.55 Å². The Kier molecular flexibility index (Phi) is 3.90. The zero-order valence-corrected chi connectivity index (χ0v) is 14.3. The fourth-order valence-electron chi connectivity index (χ4n) is 3.12. The van der Waals surface area contributed by atoms with Crippen molar-refractivity contribution in [3.63, 3.8) is 0 Å². The van der Waals surface area contributed by atoms with Crippen LogP contribution in [0.3, 0.4) is 0 Å². The average molecular weight is 357 g/mol. The van der Waals surface area contributed by atoms with E-state index in [0.29, 0.717) is 31.3 Å². The van der Waals surface area contributed by atoms with Crippen molar-refractivity contribution in [2.45, 2.75) is 19.5 Å². The second-order valence-electron chi connectivity index (χ2n) is 6.29. The summed E-state index contributed by atoms with van der Waals surface area (Å²) >= 11 is 0. The summed E-state index contributed by atoms with van der Waals surface area (Å²) in [5, 5.41) is 2.95. The lowest BCUT2D eigenvalue weighted by Crippen LogP contribution is -2.31. The SMILES string of the molecule is C[C@@H]1COC(=O)N1c1cn2c(n1)-c1ccc(NCC(N)=O)cc1OCC2. The Morgan fingerprint density at radius 1 is 1.42 bits per heavy atom. The highest BCUT2D eigenvalue weighted by atomic mass is 16.6. The molecule has 0 radical (unpaired) electrons. The van der Waals surface area contributed by atoms with E-state index in [-0.39, 0.29) is 18.7 Å². The van der Waals surface area contributed by atoms with Crippen molar-refractivity contribution in [3.8, 4) is 17.1 Å². The minimum Gasteiger partial charge on any atom is -0.491 e. The Labute approximate surface area is 149 Å². The Morgan fingerprint density at radius 2 is 2.27 bits per heavy atom. The van der Waals surface area contributed by atoms with Crippen LogP contribution in [0.1, 0.15) is 6.92 Å². The van der Waals surface area contributed by atoms with E-state index in [9.17, 15) is 9.59 Å². The normalized spacial score (nSPS) is 18.4. The molecule has 136 valence electrons. The summed E-state index contributed by atoms with van der Waals surface area (Å²) in [6.45, 7) is 3.40. The number of hydrogen-bond acceptors (Lipinski definition) is 6. The topological polar surface area (TPSA) is 112 Å². The van der Waals surface area contributed by atoms with Crippen LogP contribution in [0.4, 0.5) is 16.3 Å². The number of hydrogen-bond donors (Lipinski definition) is 2. The maximum absolute atomic E-state index is 12.0. The first kappa shape index (κ1) is 16.2. The van der Waals surface area contributed by atoms with Gasteiger partial charge < -0.3 is 25.1 Å². The number of cyclic esters (lactones) is 1. The summed E-state index contributed by atoms with van der Waals surface area (Å²) in [6, 6.07) is 5.47. The molecule has 0 aliphatic carbocycles. The number of carbonyl (C=O) groups is 2. The monoisotopic (exact) mass is 357 g/mol. The largest absolute Gasteiger partial charge is 0.491 e. The summed E-state index contributed by atoms with van der Waals surface area (Å²) in [4.78, 5) is 29.1. The van der Waals surface area contributed by atoms with Gasteiger partial charge in [0.05, 0.1) is 24.7 Å². The van der Waals surface area contributed by atoms with Gasteiger partial charge in [-0.2, -0.15) is 0 Å². The third-order valence-corrected chi connectivity index (χ3v) is 4.38. The Balaban J connectivity index is 1.69. The molecule has 2 aliphatic heterocycles. The number of imidazole rings is 1. The molecular weight excluding hydrogens is 338 g/mol. The van der Waals surface area contributed by atoms with Crippen LogP contribution in [0.25, 0.3) is 11.4 Å². The molecule has 4 rings (SSSR count). The predicted molar refractivity (Wildman–Crippen MR) is 94.1 cm³/mol. The summed E-state index contributed by atoms with van der Waals surface area (Å²) in [5.74, 6) is 1.51. The molecule has 0 bridgehead atoms. The first-order chi connectivity index (χ1) is 12.5. The van der Waals surface area contributed by atoms with Gasteiger partial charge in [-0.1, -0.05) is 0 Å². The van der Waals surface area contributed by atoms with Gasteiger partial charge >= 0.3 is 6.09 Å². The number of nitrogens with two attached hydrogens (primary N) is 1. The number of ether oxygens (including phenoxy) is 2. The molecule has 0 unspecified atom stereocenters. The lowest BCUT2D eigenvalue weighted by molar-refractivity contribution is -0.116. The minimum absolute atomic E-state index is 0.0481. The molecule has 9 nitrogen and oxygen atoms in total. The number of primary amides is 1. The third kappa shape index (κ3) is 2.81. The molecule has 1 atom stereocenters. The molecule has 3 N–H and O–H groups in total. The van der Waals surface area contributed by atoms with E-state index in [1.54, 1.807) is 4.90 Å². The molecule has 1 saturated heterocycles. The molecule has 0 saturated carbocycles. The molecule has 1 aromatic carbocycles. The fourth-order valence-corrected chi connectivity index (χ4v) is 3.12. The van der Waals surface area contributed by atoms with Crippen LogP contribution < -0.4 is 20.7 Å². The average Bonchev–Trinajstić information content (AvgIpc) is 3.11. The maximum Gasteiger partial charge on any atom is 0.415 e. The summed E-state index contributed by atoms with van der Waals surface area (Å²) < 4.78 is 12.9. The van der Waals surface area contributed by atoms with Crippen LogP contribution in [0, 0.1) is 0 Å². The number of rotatable bonds is 4. The van der Waals surface area contributed by atoms with Crippen molar-refractivity contribution in [2.75, 3.05) is 30.0 Å². The molecule has 2 aliphatic rings. The molecule has 2 amide bonds. The molecule has 3 heterocycles. The number of anilines is 2. The molecular formula is C17H19N5O4. The number of aromatic nitrogens is 2. The van der Waals surface area contributed by atoms with E-state index in [4.69, 9.17) is 15.2 Å². The standard InChI is InChI=1S/C17H19N5O4/c1-10-9-26-17(24)22(10)15-8-21-4-5-25-13-6-11(19-7-14(18)23)2-3-12(13)16(21)20-15/h2-3,6,8,10,19H,4-5,7,9H2,1H3,(H2,18,23)/t10-/m1/s1. The summed E-state index contributed by atoms with van der Waals surface area (Å²) in [7, 11) is 0. The Bertz CT molecular complexity index is 878. The van der Waals surface area contributed by atoms with Crippen LogP contribution >= 0.6 is 0 Å². The van der Waals surface area contributed by atoms with E-state index >= 15 is 0 Å². The number of nitrogens with one attached hydrogen (secondary N) is 1. The van der Waals surface area contributed by atoms with Gasteiger partial charge in [-0.25, -0.2) is 9.78 Å². The van der Waals surface area contributed by atoms with Gasteiger partial charge in [0.15, 0.2) is 5.82 Å². The molecule has 26 heavy (non-hydrogen) atoms. The minimum atomic E-state index is -0.437. The molecule has 0 spiro atoms. The van der Waals surface area contributed by atoms with Gasteiger partial charge in [-0.05, 0) is 19.1 Å². The first-order valence-corrected chi connectivity index (χ1v) is 8.35. The number of nitrogens with zero attached hydrogens (tertiary/aromatic N) is 3. The van der Waals surface area contributed by atoms with Crippen molar-refractivity contribution in [1.29, 1.82) is 0 Å². The molecule has 9 heteroatoms. The molecule has 1 fully saturated rings. The Hall–Kier alpha value is -3.23. The van der Waals surface area contributed by atoms with Gasteiger partial charge in [0, 0.05) is 18.0 Å². The zero-order chi connectivity index (χ0) is 18.3. The quantitative estimate of drug-likeness (QED) is 0.850. The Morgan fingerprint density at radius 3 is 3.00 bits per heavy atom. The van der Waals surface area contributed by atoms with Crippen LogP contribution in [0.5, 0.6) is 5.75 Å². The first-order valence-electron chi connectivity index (χ1n) is 8.35. The highest BCUT2D eigenvalue weighted by Crippen LogP contribution is 2.36. The van der Waals surface area contributed by atoms with E-state index in [2.05, 4.69) is 10.3 Å². The lowest BCUT2D eigenvalue weighted by Gasteiger charge is -2.14. The van der Waals surface area contributed by atoms with Gasteiger partial charge in [-0.3, -0.25) is 9.69 Å². The van der Waals surface area contributed by atoms with E-state index < -0.39 is 5.91 Å². The number of fused-ring (bicyclic) bond motifs is 3. The van der Waals surface area contributed by atoms with Gasteiger partial charge in [-0.15, -0.1) is 0 Å². The van der Waals surface area contributed by atoms with Crippen molar-refractivity contribution in [3.05, 3.63) is 24.4 Å². The van der Waals surface area contributed by atoms with Crippen molar-refractivity contribution in [2.24, 2.45) is 5.73 Å². The number of benzene rings is 1. The number of carbonyl (C=O) groups excluding carboxylic acids is 2. The smallest absolute Gasteiger partial charge is 0.415 e. The van der Waals surface area contributed by atoms with Crippen LogP contribution in [-0.4, -0.2) is 47.4 Å². The molecule has 1 aromatic heterocycles. The van der Waals surface area contributed by atoms with E-state index in [0.717, 1.165) is 17.1 Å². The summed E-state index contributed by atoms with van der Waals surface area (Å²) in [5.41, 5.74) is 6.72. The van der Waals surface area contributed by atoms with Crippen LogP contribution in [-0.2, 0) is 16.1 Å². The molecule has 2 aromatic rings. The van der Waals surface area contributed by atoms with Crippen molar-refractivity contribution < 1.29 is 19.1 Å². The third-order valence-electron chi connectivity index (χ3n) is 4.38. The fraction of sp³-hybridized carbons (Fsp3) is 0.353. The zero-order valence-electron chi connectivity index (χ0n) is 14.3. The predicted octanol–water partition coefficient (Wildman–Crippen LogP) is 1.18. The van der Waals surface area contributed by atoms with Crippen LogP contribution in [0.15, 0.2) is 24.4 Å². The van der Waals surface area contributed by atoms with E-state index in [1.807, 2.05) is 35.9 Å². The van der Waals surface area contributed by atoms with Crippen LogP contribution in [0.2, 0.25) is 0 Å². The highest BCUT2D eigenvalue weighted by Gasteiger charge is 2.33. The summed E-state index contributed by atoms with van der Waals surface area (Å²) in [6.07, 6.45) is 1.46. The van der Waals surface area contributed by atoms with Gasteiger partial charge in [0.25, 0.3) is 0 Å².